The highest BCUT2D eigenvalue weighted by Crippen LogP contribution is 2.14. The number of benzene rings is 1. The van der Waals surface area contributed by atoms with Crippen LogP contribution >= 0.6 is 0 Å². The fourth-order valence-corrected chi connectivity index (χ4v) is 2.28. The van der Waals surface area contributed by atoms with E-state index in [0.29, 0.717) is 11.5 Å². The molecular formula is C18H15N3O5. The molecule has 0 spiro atoms. The van der Waals surface area contributed by atoms with Crippen LogP contribution in [0.2, 0.25) is 0 Å². The average molecular weight is 353 g/mol. The minimum absolute atomic E-state index is 0.172. The quantitative estimate of drug-likeness (QED) is 0.694. The van der Waals surface area contributed by atoms with Crippen molar-refractivity contribution < 1.29 is 19.1 Å². The lowest BCUT2D eigenvalue weighted by atomic mass is 10.1. The van der Waals surface area contributed by atoms with Gasteiger partial charge >= 0.3 is 5.97 Å². The van der Waals surface area contributed by atoms with Gasteiger partial charge in [0.2, 0.25) is 5.91 Å². The first-order valence-electron chi connectivity index (χ1n) is 7.74. The lowest BCUT2D eigenvalue weighted by molar-refractivity contribution is -0.122. The molecule has 0 radical (unpaired) electrons. The molecule has 1 amide bonds. The van der Waals surface area contributed by atoms with Gasteiger partial charge < -0.3 is 14.8 Å². The first-order chi connectivity index (χ1) is 12.5. The Hall–Kier alpha value is -3.68. The highest BCUT2D eigenvalue weighted by Gasteiger charge is 2.09. The second-order valence-corrected chi connectivity index (χ2v) is 5.47. The normalized spacial score (nSPS) is 10.5. The third-order valence-corrected chi connectivity index (χ3v) is 3.62. The minimum atomic E-state index is -1.01. The van der Waals surface area contributed by atoms with Crippen LogP contribution < -0.4 is 10.9 Å². The van der Waals surface area contributed by atoms with Gasteiger partial charge in [0.15, 0.2) is 5.76 Å². The third-order valence-electron chi connectivity index (χ3n) is 3.62. The number of furan rings is 1. The Morgan fingerprint density at radius 3 is 2.54 bits per heavy atom. The van der Waals surface area contributed by atoms with Crippen LogP contribution in [0.25, 0.3) is 11.5 Å². The SMILES string of the molecule is O=C(Cn1nc(-c2ccco2)ccc1=O)NCc1ccc(C(=O)O)cc1. The van der Waals surface area contributed by atoms with E-state index in [2.05, 4.69) is 10.4 Å². The summed E-state index contributed by atoms with van der Waals surface area (Å²) in [6.07, 6.45) is 1.49. The zero-order valence-electron chi connectivity index (χ0n) is 13.6. The van der Waals surface area contributed by atoms with Crippen molar-refractivity contribution in [3.8, 4) is 11.5 Å². The smallest absolute Gasteiger partial charge is 0.335 e. The van der Waals surface area contributed by atoms with Crippen LogP contribution in [0.15, 0.2) is 64.0 Å². The molecule has 2 aromatic heterocycles. The molecular weight excluding hydrogens is 338 g/mol. The lowest BCUT2D eigenvalue weighted by Crippen LogP contribution is -2.33. The molecule has 1 aromatic carbocycles. The fourth-order valence-electron chi connectivity index (χ4n) is 2.28. The molecule has 0 fully saturated rings. The Balaban J connectivity index is 1.64. The van der Waals surface area contributed by atoms with E-state index >= 15 is 0 Å². The number of aromatic nitrogens is 2. The molecule has 8 nitrogen and oxygen atoms in total. The van der Waals surface area contributed by atoms with Gasteiger partial charge in [0.1, 0.15) is 12.2 Å². The van der Waals surface area contributed by atoms with E-state index in [-0.39, 0.29) is 18.7 Å². The number of rotatable bonds is 6. The number of carbonyl (C=O) groups is 2. The molecule has 3 aromatic rings. The Morgan fingerprint density at radius 2 is 1.88 bits per heavy atom. The van der Waals surface area contributed by atoms with Crippen molar-refractivity contribution in [1.82, 2.24) is 15.1 Å². The van der Waals surface area contributed by atoms with Crippen LogP contribution in [0.1, 0.15) is 15.9 Å². The summed E-state index contributed by atoms with van der Waals surface area (Å²) in [5, 5.41) is 15.7. The summed E-state index contributed by atoms with van der Waals surface area (Å²) >= 11 is 0. The summed E-state index contributed by atoms with van der Waals surface area (Å²) in [4.78, 5) is 34.8. The second kappa shape index (κ2) is 7.47. The summed E-state index contributed by atoms with van der Waals surface area (Å²) in [6.45, 7) is -0.0219. The number of hydrogen-bond donors (Lipinski definition) is 2. The van der Waals surface area contributed by atoms with Gasteiger partial charge in [-0.05, 0) is 35.9 Å². The Kier molecular flexibility index (Phi) is 4.93. The zero-order chi connectivity index (χ0) is 18.5. The van der Waals surface area contributed by atoms with Crippen molar-refractivity contribution in [2.24, 2.45) is 0 Å². The van der Waals surface area contributed by atoms with Crippen molar-refractivity contribution in [3.05, 3.63) is 76.3 Å². The average Bonchev–Trinajstić information content (AvgIpc) is 3.17. The molecule has 132 valence electrons. The predicted octanol–water partition coefficient (Wildman–Crippen LogP) is 1.52. The Bertz CT molecular complexity index is 975. The Morgan fingerprint density at radius 1 is 1.12 bits per heavy atom. The highest BCUT2D eigenvalue weighted by molar-refractivity contribution is 5.87. The van der Waals surface area contributed by atoms with Crippen LogP contribution in [-0.2, 0) is 17.9 Å². The Labute approximate surface area is 147 Å². The lowest BCUT2D eigenvalue weighted by Gasteiger charge is -2.08. The number of carboxylic acid groups (broad SMARTS) is 1. The van der Waals surface area contributed by atoms with Gasteiger partial charge in [0.25, 0.3) is 5.56 Å². The van der Waals surface area contributed by atoms with Crippen molar-refractivity contribution in [2.75, 3.05) is 0 Å². The molecule has 8 heteroatoms. The highest BCUT2D eigenvalue weighted by atomic mass is 16.4. The molecule has 26 heavy (non-hydrogen) atoms. The maximum Gasteiger partial charge on any atom is 0.335 e. The number of hydrogen-bond acceptors (Lipinski definition) is 5. The maximum absolute atomic E-state index is 12.1. The molecule has 0 aliphatic carbocycles. The van der Waals surface area contributed by atoms with E-state index in [4.69, 9.17) is 9.52 Å². The second-order valence-electron chi connectivity index (χ2n) is 5.47. The van der Waals surface area contributed by atoms with E-state index in [1.165, 1.54) is 30.5 Å². The minimum Gasteiger partial charge on any atom is -0.478 e. The topological polar surface area (TPSA) is 114 Å². The van der Waals surface area contributed by atoms with Gasteiger partial charge in [-0.15, -0.1) is 0 Å². The van der Waals surface area contributed by atoms with E-state index in [9.17, 15) is 14.4 Å². The van der Waals surface area contributed by atoms with Crippen LogP contribution in [0.4, 0.5) is 0 Å². The standard InChI is InChI=1S/C18H15N3O5/c22-16(19-10-12-3-5-13(6-4-12)18(24)25)11-21-17(23)8-7-14(20-21)15-2-1-9-26-15/h1-9H,10-11H2,(H,19,22)(H,24,25). The largest absolute Gasteiger partial charge is 0.478 e. The van der Waals surface area contributed by atoms with E-state index in [1.54, 1.807) is 24.3 Å². The van der Waals surface area contributed by atoms with E-state index < -0.39 is 17.4 Å². The molecule has 0 bridgehead atoms. The number of carboxylic acids is 1. The van der Waals surface area contributed by atoms with Crippen molar-refractivity contribution in [2.45, 2.75) is 13.1 Å². The molecule has 2 N–H and O–H groups in total. The van der Waals surface area contributed by atoms with Crippen LogP contribution in [-0.4, -0.2) is 26.8 Å². The summed E-state index contributed by atoms with van der Waals surface area (Å²) < 4.78 is 6.29. The van der Waals surface area contributed by atoms with Crippen molar-refractivity contribution in [3.63, 3.8) is 0 Å². The van der Waals surface area contributed by atoms with Gasteiger partial charge in [-0.25, -0.2) is 9.48 Å². The fraction of sp³-hybridized carbons (Fsp3) is 0.111. The van der Waals surface area contributed by atoms with E-state index in [1.807, 2.05) is 0 Å². The van der Waals surface area contributed by atoms with Gasteiger partial charge in [-0.1, -0.05) is 12.1 Å². The number of amides is 1. The molecule has 2 heterocycles. The molecule has 0 saturated carbocycles. The molecule has 3 rings (SSSR count). The van der Waals surface area contributed by atoms with Gasteiger partial charge in [0.05, 0.1) is 11.8 Å². The number of carbonyl (C=O) groups excluding carboxylic acids is 1. The maximum atomic E-state index is 12.1. The molecule has 0 saturated heterocycles. The van der Waals surface area contributed by atoms with Gasteiger partial charge in [0, 0.05) is 12.6 Å². The third kappa shape index (κ3) is 4.04. The van der Waals surface area contributed by atoms with Gasteiger partial charge in [-0.3, -0.25) is 9.59 Å². The first-order valence-corrected chi connectivity index (χ1v) is 7.74. The van der Waals surface area contributed by atoms with Crippen molar-refractivity contribution in [1.29, 1.82) is 0 Å². The van der Waals surface area contributed by atoms with Crippen LogP contribution in [0.5, 0.6) is 0 Å². The van der Waals surface area contributed by atoms with Crippen LogP contribution in [0, 0.1) is 0 Å². The summed E-state index contributed by atoms with van der Waals surface area (Å²) in [7, 11) is 0. The van der Waals surface area contributed by atoms with Crippen molar-refractivity contribution >= 4 is 11.9 Å². The summed E-state index contributed by atoms with van der Waals surface area (Å²) in [5.74, 6) is -0.904. The van der Waals surface area contributed by atoms with Crippen LogP contribution in [0.3, 0.4) is 0 Å². The zero-order valence-corrected chi connectivity index (χ0v) is 13.6. The summed E-state index contributed by atoms with van der Waals surface area (Å²) in [6, 6.07) is 12.4. The molecule has 0 atom stereocenters. The first kappa shape index (κ1) is 17.2. The predicted molar refractivity (Wildman–Crippen MR) is 91.4 cm³/mol. The number of nitrogens with zero attached hydrogens (tertiary/aromatic N) is 2. The summed E-state index contributed by atoms with van der Waals surface area (Å²) in [5.41, 5.74) is 0.964. The molecule has 0 aliphatic heterocycles. The molecule has 0 aliphatic rings. The number of nitrogens with one attached hydrogen (secondary N) is 1. The van der Waals surface area contributed by atoms with Gasteiger partial charge in [-0.2, -0.15) is 5.10 Å². The monoisotopic (exact) mass is 353 g/mol. The molecule has 0 unspecified atom stereocenters. The number of aromatic carboxylic acids is 1. The van der Waals surface area contributed by atoms with E-state index in [0.717, 1.165) is 10.2 Å².